The van der Waals surface area contributed by atoms with Crippen LogP contribution in [0.3, 0.4) is 0 Å². The molecule has 0 saturated carbocycles. The molecule has 1 fully saturated rings. The lowest BCUT2D eigenvalue weighted by molar-refractivity contribution is 0.0677. The molecule has 4 heteroatoms. The fraction of sp³-hybridized carbons (Fsp3) is 0.625. The summed E-state index contributed by atoms with van der Waals surface area (Å²) in [6.07, 6.45) is 5.51. The van der Waals surface area contributed by atoms with Gasteiger partial charge in [-0.1, -0.05) is 5.16 Å². The zero-order chi connectivity index (χ0) is 8.23. The van der Waals surface area contributed by atoms with Crippen molar-refractivity contribution in [2.24, 2.45) is 0 Å². The van der Waals surface area contributed by atoms with Gasteiger partial charge in [0, 0.05) is 6.61 Å². The van der Waals surface area contributed by atoms with Crippen LogP contribution in [0.2, 0.25) is 0 Å². The molecule has 1 unspecified atom stereocenters. The number of hydrogen-bond acceptors (Lipinski definition) is 4. The SMILES string of the molecule is c1nocc1OCC1CCCO1. The molecular formula is C8H11NO3. The molecule has 0 radical (unpaired) electrons. The van der Waals surface area contributed by atoms with Crippen LogP contribution in [0.1, 0.15) is 12.8 Å². The highest BCUT2D eigenvalue weighted by molar-refractivity contribution is 5.07. The van der Waals surface area contributed by atoms with Crippen LogP contribution in [-0.4, -0.2) is 24.5 Å². The highest BCUT2D eigenvalue weighted by Crippen LogP contribution is 2.14. The summed E-state index contributed by atoms with van der Waals surface area (Å²) in [7, 11) is 0. The molecule has 0 bridgehead atoms. The van der Waals surface area contributed by atoms with Crippen molar-refractivity contribution >= 4 is 0 Å². The van der Waals surface area contributed by atoms with E-state index in [-0.39, 0.29) is 6.10 Å². The maximum atomic E-state index is 5.38. The summed E-state index contributed by atoms with van der Waals surface area (Å²) in [5.41, 5.74) is 0. The lowest BCUT2D eigenvalue weighted by Gasteiger charge is -2.08. The number of aromatic nitrogens is 1. The molecule has 1 aromatic rings. The van der Waals surface area contributed by atoms with E-state index in [0.717, 1.165) is 19.4 Å². The van der Waals surface area contributed by atoms with Gasteiger partial charge in [0.05, 0.1) is 6.10 Å². The van der Waals surface area contributed by atoms with Crippen molar-refractivity contribution in [2.45, 2.75) is 18.9 Å². The molecule has 1 aromatic heterocycles. The van der Waals surface area contributed by atoms with Crippen LogP contribution >= 0.6 is 0 Å². The fourth-order valence-electron chi connectivity index (χ4n) is 1.23. The van der Waals surface area contributed by atoms with Gasteiger partial charge in [0.1, 0.15) is 12.8 Å². The molecule has 12 heavy (non-hydrogen) atoms. The third kappa shape index (κ3) is 1.76. The lowest BCUT2D eigenvalue weighted by atomic mass is 10.2. The minimum atomic E-state index is 0.250. The first-order valence-corrected chi connectivity index (χ1v) is 4.09. The smallest absolute Gasteiger partial charge is 0.178 e. The topological polar surface area (TPSA) is 44.5 Å². The predicted molar refractivity (Wildman–Crippen MR) is 41.0 cm³/mol. The third-order valence-electron chi connectivity index (χ3n) is 1.87. The number of nitrogens with zero attached hydrogens (tertiary/aromatic N) is 1. The minimum absolute atomic E-state index is 0.250. The second kappa shape index (κ2) is 3.58. The minimum Gasteiger partial charge on any atom is -0.486 e. The predicted octanol–water partition coefficient (Wildman–Crippen LogP) is 1.23. The highest BCUT2D eigenvalue weighted by Gasteiger charge is 2.16. The largest absolute Gasteiger partial charge is 0.486 e. The van der Waals surface area contributed by atoms with Crippen molar-refractivity contribution in [3.8, 4) is 5.75 Å². The molecule has 66 valence electrons. The summed E-state index contributed by atoms with van der Waals surface area (Å²) in [4.78, 5) is 0. The van der Waals surface area contributed by atoms with Crippen LogP contribution in [-0.2, 0) is 4.74 Å². The van der Waals surface area contributed by atoms with Crippen molar-refractivity contribution in [1.29, 1.82) is 0 Å². The van der Waals surface area contributed by atoms with Crippen molar-refractivity contribution < 1.29 is 14.0 Å². The van der Waals surface area contributed by atoms with E-state index >= 15 is 0 Å². The van der Waals surface area contributed by atoms with Gasteiger partial charge in [0.2, 0.25) is 0 Å². The first-order chi connectivity index (χ1) is 5.95. The Bertz CT molecular complexity index is 216. The second-order valence-corrected chi connectivity index (χ2v) is 2.81. The van der Waals surface area contributed by atoms with E-state index in [2.05, 4.69) is 9.68 Å². The second-order valence-electron chi connectivity index (χ2n) is 2.81. The Morgan fingerprint density at radius 1 is 1.67 bits per heavy atom. The Morgan fingerprint density at radius 2 is 2.67 bits per heavy atom. The standard InChI is InChI=1S/C8H11NO3/c1-2-7(10-3-1)5-11-8-4-9-12-6-8/h4,6-7H,1-3,5H2. The van der Waals surface area contributed by atoms with E-state index in [1.54, 1.807) is 6.20 Å². The van der Waals surface area contributed by atoms with Crippen molar-refractivity contribution in [3.05, 3.63) is 12.5 Å². The van der Waals surface area contributed by atoms with Crippen molar-refractivity contribution in [3.63, 3.8) is 0 Å². The van der Waals surface area contributed by atoms with Gasteiger partial charge < -0.3 is 14.0 Å². The zero-order valence-corrected chi connectivity index (χ0v) is 6.73. The summed E-state index contributed by atoms with van der Waals surface area (Å²) >= 11 is 0. The molecule has 0 spiro atoms. The maximum absolute atomic E-state index is 5.38. The van der Waals surface area contributed by atoms with Crippen molar-refractivity contribution in [2.75, 3.05) is 13.2 Å². The number of hydrogen-bond donors (Lipinski definition) is 0. The summed E-state index contributed by atoms with van der Waals surface area (Å²) in [5.74, 6) is 0.672. The third-order valence-corrected chi connectivity index (χ3v) is 1.87. The van der Waals surface area contributed by atoms with Crippen LogP contribution in [0.4, 0.5) is 0 Å². The molecule has 0 N–H and O–H groups in total. The Kier molecular flexibility index (Phi) is 2.27. The summed E-state index contributed by atoms with van der Waals surface area (Å²) in [5, 5.41) is 3.53. The van der Waals surface area contributed by atoms with E-state index in [9.17, 15) is 0 Å². The van der Waals surface area contributed by atoms with Crippen molar-refractivity contribution in [1.82, 2.24) is 5.16 Å². The molecule has 2 rings (SSSR count). The summed E-state index contributed by atoms with van der Waals surface area (Å²) in [6, 6.07) is 0. The van der Waals surface area contributed by atoms with Gasteiger partial charge in [0.25, 0.3) is 0 Å². The molecule has 1 atom stereocenters. The Hall–Kier alpha value is -1.03. The van der Waals surface area contributed by atoms with Crippen LogP contribution in [0.5, 0.6) is 5.75 Å². The molecular weight excluding hydrogens is 158 g/mol. The van der Waals surface area contributed by atoms with E-state index in [4.69, 9.17) is 9.47 Å². The van der Waals surface area contributed by atoms with Crippen LogP contribution in [0.25, 0.3) is 0 Å². The Labute approximate surface area is 70.4 Å². The maximum Gasteiger partial charge on any atom is 0.178 e. The van der Waals surface area contributed by atoms with Gasteiger partial charge in [-0.2, -0.15) is 0 Å². The van der Waals surface area contributed by atoms with Gasteiger partial charge in [-0.15, -0.1) is 0 Å². The first-order valence-electron chi connectivity index (χ1n) is 4.09. The Balaban J connectivity index is 1.74. The lowest BCUT2D eigenvalue weighted by Crippen LogP contribution is -2.15. The normalized spacial score (nSPS) is 22.8. The summed E-state index contributed by atoms with van der Waals surface area (Å²) < 4.78 is 15.3. The van der Waals surface area contributed by atoms with E-state index in [1.165, 1.54) is 6.26 Å². The van der Waals surface area contributed by atoms with E-state index in [1.807, 2.05) is 0 Å². The van der Waals surface area contributed by atoms with Gasteiger partial charge in [-0.05, 0) is 12.8 Å². The summed E-state index contributed by atoms with van der Waals surface area (Å²) in [6.45, 7) is 1.46. The fourth-order valence-corrected chi connectivity index (χ4v) is 1.23. The van der Waals surface area contributed by atoms with E-state index < -0.39 is 0 Å². The zero-order valence-electron chi connectivity index (χ0n) is 6.73. The molecule has 0 amide bonds. The van der Waals surface area contributed by atoms with Gasteiger partial charge in [-0.3, -0.25) is 0 Å². The first kappa shape index (κ1) is 7.61. The Morgan fingerprint density at radius 3 is 3.33 bits per heavy atom. The quantitative estimate of drug-likeness (QED) is 0.682. The monoisotopic (exact) mass is 169 g/mol. The number of ether oxygens (including phenoxy) is 2. The number of rotatable bonds is 3. The van der Waals surface area contributed by atoms with Gasteiger partial charge in [0.15, 0.2) is 12.0 Å². The molecule has 1 aliphatic rings. The van der Waals surface area contributed by atoms with Gasteiger partial charge >= 0.3 is 0 Å². The van der Waals surface area contributed by atoms with Crippen LogP contribution < -0.4 is 4.74 Å². The molecule has 0 aliphatic carbocycles. The van der Waals surface area contributed by atoms with E-state index in [0.29, 0.717) is 12.4 Å². The molecule has 1 aliphatic heterocycles. The molecule has 0 aromatic carbocycles. The molecule has 1 saturated heterocycles. The highest BCUT2D eigenvalue weighted by atomic mass is 16.5. The molecule has 4 nitrogen and oxygen atoms in total. The average Bonchev–Trinajstić information content (AvgIpc) is 2.74. The van der Waals surface area contributed by atoms with Gasteiger partial charge in [-0.25, -0.2) is 0 Å². The van der Waals surface area contributed by atoms with Crippen LogP contribution in [0, 0.1) is 0 Å². The molecule has 2 heterocycles. The van der Waals surface area contributed by atoms with Crippen LogP contribution in [0.15, 0.2) is 17.0 Å². The average molecular weight is 169 g/mol.